The largest absolute Gasteiger partial charge is 0.320 e. The summed E-state index contributed by atoms with van der Waals surface area (Å²) in [5.74, 6) is 0. The SMILES string of the molecule is CCc1c(NS(C)(=O)=O)cccc1C(N)c1ccccc1. The first-order chi connectivity index (χ1) is 9.92. The summed E-state index contributed by atoms with van der Waals surface area (Å²) >= 11 is 0. The van der Waals surface area contributed by atoms with E-state index in [2.05, 4.69) is 4.72 Å². The molecule has 5 heteroatoms. The van der Waals surface area contributed by atoms with Crippen molar-refractivity contribution in [1.82, 2.24) is 0 Å². The van der Waals surface area contributed by atoms with Crippen molar-refractivity contribution in [3.8, 4) is 0 Å². The van der Waals surface area contributed by atoms with Gasteiger partial charge in [-0.25, -0.2) is 8.42 Å². The Bertz CT molecular complexity index is 712. The number of nitrogens with two attached hydrogens (primary N) is 1. The van der Waals surface area contributed by atoms with Crippen LogP contribution in [0.4, 0.5) is 5.69 Å². The van der Waals surface area contributed by atoms with Crippen LogP contribution in [0.5, 0.6) is 0 Å². The molecule has 2 aromatic carbocycles. The van der Waals surface area contributed by atoms with Crippen LogP contribution in [0.2, 0.25) is 0 Å². The molecule has 0 saturated carbocycles. The van der Waals surface area contributed by atoms with Gasteiger partial charge in [-0.05, 0) is 29.2 Å². The van der Waals surface area contributed by atoms with Crippen LogP contribution in [0.3, 0.4) is 0 Å². The first kappa shape index (κ1) is 15.5. The maximum absolute atomic E-state index is 11.5. The first-order valence-electron chi connectivity index (χ1n) is 6.82. The molecule has 0 aliphatic heterocycles. The molecule has 2 rings (SSSR count). The van der Waals surface area contributed by atoms with E-state index >= 15 is 0 Å². The maximum Gasteiger partial charge on any atom is 0.229 e. The highest BCUT2D eigenvalue weighted by molar-refractivity contribution is 7.92. The Labute approximate surface area is 126 Å². The van der Waals surface area contributed by atoms with Crippen molar-refractivity contribution < 1.29 is 8.42 Å². The second-order valence-electron chi connectivity index (χ2n) is 4.99. The zero-order chi connectivity index (χ0) is 15.5. The summed E-state index contributed by atoms with van der Waals surface area (Å²) in [7, 11) is -3.31. The monoisotopic (exact) mass is 304 g/mol. The molecule has 2 aromatic rings. The Kier molecular flexibility index (Phi) is 4.65. The van der Waals surface area contributed by atoms with E-state index in [4.69, 9.17) is 5.73 Å². The molecule has 112 valence electrons. The smallest absolute Gasteiger partial charge is 0.229 e. The molecule has 4 nitrogen and oxygen atoms in total. The van der Waals surface area contributed by atoms with Crippen molar-refractivity contribution in [3.05, 3.63) is 65.2 Å². The lowest BCUT2D eigenvalue weighted by Crippen LogP contribution is -2.17. The van der Waals surface area contributed by atoms with Gasteiger partial charge in [0.05, 0.1) is 18.0 Å². The molecule has 0 aliphatic carbocycles. The lowest BCUT2D eigenvalue weighted by Gasteiger charge is -2.19. The van der Waals surface area contributed by atoms with Gasteiger partial charge in [-0.2, -0.15) is 0 Å². The van der Waals surface area contributed by atoms with Gasteiger partial charge in [0.25, 0.3) is 0 Å². The van der Waals surface area contributed by atoms with Crippen LogP contribution in [0, 0.1) is 0 Å². The lowest BCUT2D eigenvalue weighted by molar-refractivity contribution is 0.606. The summed E-state index contributed by atoms with van der Waals surface area (Å²) in [6, 6.07) is 15.0. The third-order valence-corrected chi connectivity index (χ3v) is 3.95. The van der Waals surface area contributed by atoms with Gasteiger partial charge in [0.15, 0.2) is 0 Å². The van der Waals surface area contributed by atoms with Gasteiger partial charge in [0, 0.05) is 0 Å². The highest BCUT2D eigenvalue weighted by Crippen LogP contribution is 2.28. The summed E-state index contributed by atoms with van der Waals surface area (Å²) in [5, 5.41) is 0. The third-order valence-electron chi connectivity index (χ3n) is 3.35. The molecule has 21 heavy (non-hydrogen) atoms. The van der Waals surface area contributed by atoms with Gasteiger partial charge in [-0.1, -0.05) is 49.4 Å². The van der Waals surface area contributed by atoms with Crippen molar-refractivity contribution in [3.63, 3.8) is 0 Å². The standard InChI is InChI=1S/C16H20N2O2S/c1-3-13-14(16(17)12-8-5-4-6-9-12)10-7-11-15(13)18-21(2,19)20/h4-11,16,18H,3,17H2,1-2H3. The molecule has 0 fully saturated rings. The number of benzene rings is 2. The summed E-state index contributed by atoms with van der Waals surface area (Å²) in [4.78, 5) is 0. The van der Waals surface area contributed by atoms with Crippen molar-refractivity contribution in [2.45, 2.75) is 19.4 Å². The number of hydrogen-bond donors (Lipinski definition) is 2. The van der Waals surface area contributed by atoms with Crippen LogP contribution in [-0.2, 0) is 16.4 Å². The quantitative estimate of drug-likeness (QED) is 0.892. The molecule has 0 heterocycles. The molecule has 0 bridgehead atoms. The zero-order valence-electron chi connectivity index (χ0n) is 12.2. The van der Waals surface area contributed by atoms with Gasteiger partial charge in [-0.3, -0.25) is 4.72 Å². The Balaban J connectivity index is 2.47. The van der Waals surface area contributed by atoms with Crippen molar-refractivity contribution >= 4 is 15.7 Å². The molecule has 1 atom stereocenters. The number of anilines is 1. The van der Waals surface area contributed by atoms with Gasteiger partial charge < -0.3 is 5.73 Å². The molecule has 1 unspecified atom stereocenters. The summed E-state index contributed by atoms with van der Waals surface area (Å²) in [6.45, 7) is 1.99. The highest BCUT2D eigenvalue weighted by Gasteiger charge is 2.16. The van der Waals surface area contributed by atoms with Gasteiger partial charge >= 0.3 is 0 Å². The van der Waals surface area contributed by atoms with Crippen LogP contribution in [0.1, 0.15) is 29.7 Å². The Morgan fingerprint density at radius 3 is 2.33 bits per heavy atom. The lowest BCUT2D eigenvalue weighted by atomic mass is 9.93. The highest BCUT2D eigenvalue weighted by atomic mass is 32.2. The molecular formula is C16H20N2O2S. The molecule has 0 spiro atoms. The second-order valence-corrected chi connectivity index (χ2v) is 6.74. The van der Waals surface area contributed by atoms with E-state index in [1.54, 1.807) is 6.07 Å². The average molecular weight is 304 g/mol. The van der Waals surface area contributed by atoms with Crippen LogP contribution in [0.25, 0.3) is 0 Å². The van der Waals surface area contributed by atoms with Gasteiger partial charge in [0.2, 0.25) is 10.0 Å². The van der Waals surface area contributed by atoms with Crippen LogP contribution < -0.4 is 10.5 Å². The van der Waals surface area contributed by atoms with Crippen LogP contribution >= 0.6 is 0 Å². The average Bonchev–Trinajstić information content (AvgIpc) is 2.45. The Morgan fingerprint density at radius 1 is 1.10 bits per heavy atom. The molecule has 0 amide bonds. The molecule has 0 saturated heterocycles. The number of rotatable bonds is 5. The van der Waals surface area contributed by atoms with Crippen LogP contribution in [0.15, 0.2) is 48.5 Å². The minimum Gasteiger partial charge on any atom is -0.320 e. The topological polar surface area (TPSA) is 72.2 Å². The summed E-state index contributed by atoms with van der Waals surface area (Å²) < 4.78 is 25.5. The molecule has 0 aromatic heterocycles. The number of sulfonamides is 1. The van der Waals surface area contributed by atoms with E-state index in [1.165, 1.54) is 0 Å². The minimum atomic E-state index is -3.31. The molecule has 3 N–H and O–H groups in total. The third kappa shape index (κ3) is 3.83. The maximum atomic E-state index is 11.5. The Hall–Kier alpha value is -1.85. The van der Waals surface area contributed by atoms with Crippen molar-refractivity contribution in [2.24, 2.45) is 5.73 Å². The van der Waals surface area contributed by atoms with Crippen molar-refractivity contribution in [2.75, 3.05) is 11.0 Å². The van der Waals surface area contributed by atoms with E-state index in [-0.39, 0.29) is 6.04 Å². The van der Waals surface area contributed by atoms with E-state index < -0.39 is 10.0 Å². The summed E-state index contributed by atoms with van der Waals surface area (Å²) in [5.41, 5.74) is 9.82. The molecule has 0 radical (unpaired) electrons. The fourth-order valence-corrected chi connectivity index (χ4v) is 3.02. The second kappa shape index (κ2) is 6.28. The summed E-state index contributed by atoms with van der Waals surface area (Å²) in [6.07, 6.45) is 1.85. The van der Waals surface area contributed by atoms with E-state index in [0.29, 0.717) is 12.1 Å². The van der Waals surface area contributed by atoms with Gasteiger partial charge in [0.1, 0.15) is 0 Å². The predicted molar refractivity (Wildman–Crippen MR) is 86.8 cm³/mol. The fraction of sp³-hybridized carbons (Fsp3) is 0.250. The molecular weight excluding hydrogens is 284 g/mol. The van der Waals surface area contributed by atoms with E-state index in [0.717, 1.165) is 22.9 Å². The fourth-order valence-electron chi connectivity index (χ4n) is 2.43. The minimum absolute atomic E-state index is 0.275. The normalized spacial score (nSPS) is 12.9. The Morgan fingerprint density at radius 2 is 1.76 bits per heavy atom. The first-order valence-corrected chi connectivity index (χ1v) is 8.71. The molecule has 0 aliphatic rings. The number of nitrogens with one attached hydrogen (secondary N) is 1. The van der Waals surface area contributed by atoms with E-state index in [1.807, 2.05) is 49.4 Å². The zero-order valence-corrected chi connectivity index (χ0v) is 13.0. The van der Waals surface area contributed by atoms with Gasteiger partial charge in [-0.15, -0.1) is 0 Å². The number of hydrogen-bond acceptors (Lipinski definition) is 3. The van der Waals surface area contributed by atoms with Crippen molar-refractivity contribution in [1.29, 1.82) is 0 Å². The van der Waals surface area contributed by atoms with E-state index in [9.17, 15) is 8.42 Å². The van der Waals surface area contributed by atoms with Crippen LogP contribution in [-0.4, -0.2) is 14.7 Å². The predicted octanol–water partition coefficient (Wildman–Crippen LogP) is 2.67.